The second-order valence-corrected chi connectivity index (χ2v) is 5.57. The van der Waals surface area contributed by atoms with Crippen molar-refractivity contribution in [1.29, 1.82) is 0 Å². The molecule has 2 aromatic rings. The Kier molecular flexibility index (Phi) is 5.46. The Morgan fingerprint density at radius 1 is 0.958 bits per heavy atom. The number of rotatable bonds is 7. The molecule has 1 aliphatic carbocycles. The van der Waals surface area contributed by atoms with Crippen molar-refractivity contribution in [2.24, 2.45) is 0 Å². The molecular formula is C19H20NO4. The summed E-state index contributed by atoms with van der Waals surface area (Å²) in [4.78, 5) is 11.8. The molecule has 5 nitrogen and oxygen atoms in total. The van der Waals surface area contributed by atoms with E-state index >= 15 is 0 Å². The highest BCUT2D eigenvalue weighted by Crippen LogP contribution is 2.44. The monoisotopic (exact) mass is 326 g/mol. The van der Waals surface area contributed by atoms with Gasteiger partial charge in [0.15, 0.2) is 0 Å². The molecule has 0 heterocycles. The van der Waals surface area contributed by atoms with Crippen LogP contribution in [0.15, 0.2) is 48.5 Å². The maximum atomic E-state index is 11.8. The summed E-state index contributed by atoms with van der Waals surface area (Å²) in [5, 5.41) is 12.9. The zero-order valence-electron chi connectivity index (χ0n) is 13.4. The Bertz CT molecular complexity index is 656. The molecule has 1 N–H and O–H groups in total. The Hall–Kier alpha value is -2.37. The van der Waals surface area contributed by atoms with Crippen molar-refractivity contribution in [1.82, 2.24) is 5.32 Å². The van der Waals surface area contributed by atoms with Crippen molar-refractivity contribution in [2.45, 2.75) is 5.92 Å². The quantitative estimate of drug-likeness (QED) is 0.795. The number of alkyl carbamates (subject to hydrolysis) is 1. The van der Waals surface area contributed by atoms with E-state index in [2.05, 4.69) is 29.6 Å². The number of hydrogen-bond acceptors (Lipinski definition) is 3. The van der Waals surface area contributed by atoms with Gasteiger partial charge >= 0.3 is 6.09 Å². The molecule has 0 unspecified atom stereocenters. The first-order chi connectivity index (χ1) is 11.8. The van der Waals surface area contributed by atoms with E-state index in [0.29, 0.717) is 19.8 Å². The first kappa shape index (κ1) is 16.5. The van der Waals surface area contributed by atoms with Crippen LogP contribution in [0.4, 0.5) is 4.79 Å². The molecule has 0 aliphatic heterocycles. The van der Waals surface area contributed by atoms with Crippen molar-refractivity contribution >= 4 is 6.09 Å². The lowest BCUT2D eigenvalue weighted by atomic mass is 9.98. The van der Waals surface area contributed by atoms with Crippen LogP contribution in [0, 0.1) is 0 Å². The lowest BCUT2D eigenvalue weighted by molar-refractivity contribution is 0.0640. The van der Waals surface area contributed by atoms with E-state index in [0.717, 1.165) is 0 Å². The molecule has 0 aromatic heterocycles. The number of fused-ring (bicyclic) bond motifs is 3. The highest BCUT2D eigenvalue weighted by molar-refractivity contribution is 5.79. The molecule has 0 bridgehead atoms. The highest BCUT2D eigenvalue weighted by atomic mass is 16.5. The van der Waals surface area contributed by atoms with Gasteiger partial charge < -0.3 is 14.8 Å². The van der Waals surface area contributed by atoms with Gasteiger partial charge in [-0.15, -0.1) is 0 Å². The first-order valence-corrected chi connectivity index (χ1v) is 8.06. The Morgan fingerprint density at radius 3 is 2.21 bits per heavy atom. The molecule has 125 valence electrons. The third kappa shape index (κ3) is 3.58. The van der Waals surface area contributed by atoms with Gasteiger partial charge in [-0.3, -0.25) is 0 Å². The standard InChI is InChI=1S/C19H20NO4/c21-10-12-23-11-9-20-19(22)24-13-18-16-7-3-1-5-14(16)15-6-2-4-8-17(15)18/h1-8,18H,9-13H2,(H,20,22). The van der Waals surface area contributed by atoms with Gasteiger partial charge in [-0.2, -0.15) is 0 Å². The van der Waals surface area contributed by atoms with Crippen LogP contribution in [-0.2, 0) is 14.6 Å². The third-order valence-corrected chi connectivity index (χ3v) is 4.09. The van der Waals surface area contributed by atoms with Crippen molar-refractivity contribution in [3.05, 3.63) is 59.7 Å². The molecule has 0 saturated heterocycles. The normalized spacial score (nSPS) is 12.5. The molecule has 2 aromatic carbocycles. The molecule has 0 fully saturated rings. The molecule has 0 spiro atoms. The van der Waals surface area contributed by atoms with Gasteiger partial charge in [-0.25, -0.2) is 9.90 Å². The fraction of sp³-hybridized carbons (Fsp3) is 0.316. The second kappa shape index (κ2) is 7.95. The van der Waals surface area contributed by atoms with E-state index < -0.39 is 6.09 Å². The summed E-state index contributed by atoms with van der Waals surface area (Å²) in [5.41, 5.74) is 4.77. The predicted octanol–water partition coefficient (Wildman–Crippen LogP) is 2.97. The van der Waals surface area contributed by atoms with Crippen LogP contribution in [-0.4, -0.2) is 39.1 Å². The van der Waals surface area contributed by atoms with Gasteiger partial charge in [-0.1, -0.05) is 48.5 Å². The third-order valence-electron chi connectivity index (χ3n) is 4.09. The molecule has 0 atom stereocenters. The minimum Gasteiger partial charge on any atom is -0.449 e. The van der Waals surface area contributed by atoms with Crippen LogP contribution in [0.3, 0.4) is 0 Å². The van der Waals surface area contributed by atoms with E-state index in [9.17, 15) is 9.90 Å². The number of hydrogen-bond donors (Lipinski definition) is 1. The Labute approximate surface area is 141 Å². The number of ether oxygens (including phenoxy) is 2. The first-order valence-electron chi connectivity index (χ1n) is 8.06. The molecule has 0 saturated carbocycles. The van der Waals surface area contributed by atoms with E-state index in [1.807, 2.05) is 24.3 Å². The van der Waals surface area contributed by atoms with Crippen molar-refractivity contribution < 1.29 is 19.4 Å². The summed E-state index contributed by atoms with van der Waals surface area (Å²) in [6.07, 6.45) is -0.470. The van der Waals surface area contributed by atoms with Crippen molar-refractivity contribution in [2.75, 3.05) is 33.0 Å². The topological polar surface area (TPSA) is 67.5 Å². The summed E-state index contributed by atoms with van der Waals surface area (Å²) in [6, 6.07) is 16.4. The van der Waals surface area contributed by atoms with Crippen LogP contribution in [0.2, 0.25) is 0 Å². The molecular weight excluding hydrogens is 306 g/mol. The van der Waals surface area contributed by atoms with Gasteiger partial charge in [0, 0.05) is 12.5 Å². The van der Waals surface area contributed by atoms with Crippen LogP contribution < -0.4 is 5.32 Å². The zero-order chi connectivity index (χ0) is 16.8. The SMILES string of the molecule is [O]CCOCCNC(=O)OCC1c2ccccc2-c2ccccc21. The van der Waals surface area contributed by atoms with Gasteiger partial charge in [0.25, 0.3) is 0 Å². The number of amides is 1. The number of carbonyl (C=O) groups excluding carboxylic acids is 1. The van der Waals surface area contributed by atoms with Crippen LogP contribution in [0.25, 0.3) is 11.1 Å². The smallest absolute Gasteiger partial charge is 0.407 e. The molecule has 1 radical (unpaired) electrons. The number of benzene rings is 2. The predicted molar refractivity (Wildman–Crippen MR) is 89.4 cm³/mol. The fourth-order valence-corrected chi connectivity index (χ4v) is 3.04. The number of nitrogens with one attached hydrogen (secondary N) is 1. The highest BCUT2D eigenvalue weighted by Gasteiger charge is 2.28. The maximum Gasteiger partial charge on any atom is 0.407 e. The average molecular weight is 326 g/mol. The Balaban J connectivity index is 1.58. The zero-order valence-corrected chi connectivity index (χ0v) is 13.4. The minimum absolute atomic E-state index is 0.0554. The van der Waals surface area contributed by atoms with Crippen LogP contribution in [0.1, 0.15) is 17.0 Å². The van der Waals surface area contributed by atoms with Gasteiger partial charge in [-0.05, 0) is 22.3 Å². The van der Waals surface area contributed by atoms with Crippen LogP contribution >= 0.6 is 0 Å². The van der Waals surface area contributed by atoms with Crippen molar-refractivity contribution in [3.63, 3.8) is 0 Å². The second-order valence-electron chi connectivity index (χ2n) is 5.57. The van der Waals surface area contributed by atoms with E-state index in [4.69, 9.17) is 9.47 Å². The summed E-state index contributed by atoms with van der Waals surface area (Å²) in [7, 11) is 0. The van der Waals surface area contributed by atoms with Crippen LogP contribution in [0.5, 0.6) is 0 Å². The minimum atomic E-state index is -0.470. The summed E-state index contributed by atoms with van der Waals surface area (Å²) in [5.74, 6) is 0.0554. The lowest BCUT2D eigenvalue weighted by Crippen LogP contribution is -2.29. The largest absolute Gasteiger partial charge is 0.449 e. The van der Waals surface area contributed by atoms with E-state index in [-0.39, 0.29) is 19.1 Å². The van der Waals surface area contributed by atoms with Gasteiger partial charge in [0.05, 0.1) is 13.2 Å². The summed E-state index contributed by atoms with van der Waals surface area (Å²) < 4.78 is 10.4. The summed E-state index contributed by atoms with van der Waals surface area (Å²) >= 11 is 0. The van der Waals surface area contributed by atoms with E-state index in [1.54, 1.807) is 0 Å². The molecule has 24 heavy (non-hydrogen) atoms. The molecule has 1 amide bonds. The summed E-state index contributed by atoms with van der Waals surface area (Å²) in [6.45, 7) is 0.821. The molecule has 1 aliphatic rings. The van der Waals surface area contributed by atoms with E-state index in [1.165, 1.54) is 22.3 Å². The maximum absolute atomic E-state index is 11.8. The van der Waals surface area contributed by atoms with Crippen molar-refractivity contribution in [3.8, 4) is 11.1 Å². The lowest BCUT2D eigenvalue weighted by Gasteiger charge is -2.14. The molecule has 3 rings (SSSR count). The molecule has 5 heteroatoms. The average Bonchev–Trinajstić information content (AvgIpc) is 2.94. The van der Waals surface area contributed by atoms with Gasteiger partial charge in [0.2, 0.25) is 0 Å². The number of carbonyl (C=O) groups is 1. The Morgan fingerprint density at radius 2 is 1.58 bits per heavy atom. The van der Waals surface area contributed by atoms with Gasteiger partial charge in [0.1, 0.15) is 13.2 Å². The fourth-order valence-electron chi connectivity index (χ4n) is 3.04.